The Morgan fingerprint density at radius 3 is 1.62 bits per heavy atom. The number of nitrogens with zero attached hydrogens (tertiary/aromatic N) is 2. The molecule has 0 aliphatic rings. The minimum absolute atomic E-state index is 0.0597. The van der Waals surface area contributed by atoms with Crippen molar-refractivity contribution in [3.05, 3.63) is 36.4 Å². The summed E-state index contributed by atoms with van der Waals surface area (Å²) in [5.74, 6) is 0.917. The Balaban J connectivity index is 2.39. The second-order valence-corrected chi connectivity index (χ2v) is 7.45. The molecule has 0 saturated carbocycles. The normalized spacial score (nSPS) is 14.6. The third-order valence-corrected chi connectivity index (χ3v) is 4.40. The number of ether oxygens (including phenoxy) is 3. The summed E-state index contributed by atoms with van der Waals surface area (Å²) < 4.78 is 78.9. The van der Waals surface area contributed by atoms with Gasteiger partial charge < -0.3 is 14.2 Å². The van der Waals surface area contributed by atoms with E-state index in [0.717, 1.165) is 12.1 Å². The van der Waals surface area contributed by atoms with Crippen LogP contribution >= 0.6 is 10.2 Å². The second-order valence-electron chi connectivity index (χ2n) is 5.04. The third kappa shape index (κ3) is 4.54. The van der Waals surface area contributed by atoms with Crippen LogP contribution < -0.4 is 14.2 Å². The molecule has 0 saturated heterocycles. The lowest BCUT2D eigenvalue weighted by Gasteiger charge is -2.40. The second kappa shape index (κ2) is 6.01. The van der Waals surface area contributed by atoms with Crippen molar-refractivity contribution in [2.75, 3.05) is 21.3 Å². The van der Waals surface area contributed by atoms with E-state index < -0.39 is 15.1 Å². The van der Waals surface area contributed by atoms with Gasteiger partial charge in [-0.2, -0.15) is 5.11 Å². The number of hydrogen-bond acceptors (Lipinski definition) is 5. The highest BCUT2D eigenvalue weighted by Gasteiger charge is 2.65. The monoisotopic (exact) mass is 398 g/mol. The molecule has 2 aromatic carbocycles. The Bertz CT molecular complexity index is 814. The minimum Gasteiger partial charge on any atom is -0.496 e. The van der Waals surface area contributed by atoms with Crippen molar-refractivity contribution in [3.8, 4) is 17.2 Å². The van der Waals surface area contributed by atoms with E-state index >= 15 is 0 Å². The number of rotatable bonds is 6. The van der Waals surface area contributed by atoms with Crippen molar-refractivity contribution in [2.45, 2.75) is 4.90 Å². The maximum absolute atomic E-state index is 12.7. The lowest BCUT2D eigenvalue weighted by Crippen LogP contribution is -2.05. The van der Waals surface area contributed by atoms with Gasteiger partial charge in [0, 0.05) is 12.1 Å². The van der Waals surface area contributed by atoms with Crippen LogP contribution in [-0.2, 0) is 0 Å². The molecule has 2 aromatic rings. The molecule has 0 aliphatic heterocycles. The third-order valence-electron chi connectivity index (χ3n) is 3.24. The molecule has 0 radical (unpaired) electrons. The van der Waals surface area contributed by atoms with Crippen LogP contribution in [0, 0.1) is 0 Å². The summed E-state index contributed by atoms with van der Waals surface area (Å²) in [5.41, 5.74) is 0.100. The first-order valence-corrected chi connectivity index (χ1v) is 8.89. The molecule has 0 aliphatic carbocycles. The van der Waals surface area contributed by atoms with Crippen molar-refractivity contribution >= 4 is 21.6 Å². The van der Waals surface area contributed by atoms with Gasteiger partial charge in [0.1, 0.15) is 10.6 Å². The Labute approximate surface area is 146 Å². The number of halogens is 5. The van der Waals surface area contributed by atoms with Crippen LogP contribution in [-0.4, -0.2) is 21.3 Å². The molecule has 0 bridgehead atoms. The van der Waals surface area contributed by atoms with Gasteiger partial charge in [-0.25, -0.2) is 0 Å². The summed E-state index contributed by atoms with van der Waals surface area (Å²) in [7, 11) is -5.53. The van der Waals surface area contributed by atoms with Gasteiger partial charge in [0.15, 0.2) is 17.2 Å². The SMILES string of the molecule is COc1cc(OC)c(N=Nc2ccc(S(F)(F)(F)(F)F)cc2)c(OC)c1. The Morgan fingerprint density at radius 1 is 0.731 bits per heavy atom. The summed E-state index contributed by atoms with van der Waals surface area (Å²) in [4.78, 5) is -2.00. The van der Waals surface area contributed by atoms with E-state index in [1.54, 1.807) is 0 Å². The van der Waals surface area contributed by atoms with Crippen LogP contribution in [0.4, 0.5) is 30.8 Å². The first kappa shape index (κ1) is 19.8. The van der Waals surface area contributed by atoms with E-state index in [1.165, 1.54) is 33.5 Å². The zero-order valence-corrected chi connectivity index (χ0v) is 14.7. The van der Waals surface area contributed by atoms with Gasteiger partial charge in [-0.3, -0.25) is 0 Å². The largest absolute Gasteiger partial charge is 0.496 e. The van der Waals surface area contributed by atoms with Gasteiger partial charge in [0.25, 0.3) is 0 Å². The maximum atomic E-state index is 12.7. The zero-order chi connectivity index (χ0) is 19.7. The topological polar surface area (TPSA) is 52.4 Å². The van der Waals surface area contributed by atoms with Crippen molar-refractivity contribution in [1.29, 1.82) is 0 Å². The Hall–Kier alpha value is -2.56. The van der Waals surface area contributed by atoms with Gasteiger partial charge >= 0.3 is 10.2 Å². The van der Waals surface area contributed by atoms with E-state index in [-0.39, 0.29) is 35.0 Å². The fourth-order valence-electron chi connectivity index (χ4n) is 1.96. The minimum atomic E-state index is -9.72. The Kier molecular flexibility index (Phi) is 4.57. The molecule has 0 heterocycles. The molecule has 26 heavy (non-hydrogen) atoms. The zero-order valence-electron chi connectivity index (χ0n) is 13.9. The molecule has 11 heteroatoms. The van der Waals surface area contributed by atoms with Crippen LogP contribution in [0.2, 0.25) is 0 Å². The van der Waals surface area contributed by atoms with E-state index in [4.69, 9.17) is 14.2 Å². The first-order valence-electron chi connectivity index (χ1n) is 6.94. The highest BCUT2D eigenvalue weighted by Crippen LogP contribution is 3.02. The van der Waals surface area contributed by atoms with Gasteiger partial charge in [-0.05, 0) is 24.3 Å². The smallest absolute Gasteiger partial charge is 0.310 e. The van der Waals surface area contributed by atoms with E-state index in [1.807, 2.05) is 0 Å². The summed E-state index contributed by atoms with van der Waals surface area (Å²) >= 11 is 0. The first-order chi connectivity index (χ1) is 11.9. The summed E-state index contributed by atoms with van der Waals surface area (Å²) in [6.45, 7) is 0. The molecule has 0 unspecified atom stereocenters. The van der Waals surface area contributed by atoms with Crippen molar-refractivity contribution in [2.24, 2.45) is 10.2 Å². The summed E-state index contributed by atoms with van der Waals surface area (Å²) in [6, 6.07) is 5.12. The lowest BCUT2D eigenvalue weighted by atomic mass is 10.2. The quantitative estimate of drug-likeness (QED) is 0.398. The van der Waals surface area contributed by atoms with Crippen molar-refractivity contribution in [1.82, 2.24) is 0 Å². The molecular formula is C15H15F5N2O3S. The van der Waals surface area contributed by atoms with Gasteiger partial charge in [-0.1, -0.05) is 19.4 Å². The number of hydrogen-bond donors (Lipinski definition) is 0. The van der Waals surface area contributed by atoms with Crippen LogP contribution in [0.5, 0.6) is 17.2 Å². The number of azo groups is 1. The average molecular weight is 398 g/mol. The highest BCUT2D eigenvalue weighted by atomic mass is 32.5. The van der Waals surface area contributed by atoms with Gasteiger partial charge in [0.05, 0.1) is 27.0 Å². The standard InChI is InChI=1S/C15H15F5N2O3S/c1-23-11-8-13(24-2)15(14(9-11)25-3)22-21-10-4-6-12(7-5-10)26(16,17,18,19)20/h4-9H,1-3H3. The summed E-state index contributed by atoms with van der Waals surface area (Å²) in [6.07, 6.45) is 0. The van der Waals surface area contributed by atoms with E-state index in [2.05, 4.69) is 10.2 Å². The molecule has 0 atom stereocenters. The van der Waals surface area contributed by atoms with Gasteiger partial charge in [0.2, 0.25) is 0 Å². The number of benzene rings is 2. The van der Waals surface area contributed by atoms with E-state index in [0.29, 0.717) is 5.75 Å². The molecule has 0 aromatic heterocycles. The lowest BCUT2D eigenvalue weighted by molar-refractivity contribution is 0.364. The fraction of sp³-hybridized carbons (Fsp3) is 0.200. The highest BCUT2D eigenvalue weighted by molar-refractivity contribution is 8.45. The fourth-order valence-corrected chi connectivity index (χ4v) is 2.61. The van der Waals surface area contributed by atoms with Crippen LogP contribution in [0.3, 0.4) is 0 Å². The van der Waals surface area contributed by atoms with Crippen molar-refractivity contribution in [3.63, 3.8) is 0 Å². The molecule has 0 amide bonds. The molecule has 5 nitrogen and oxygen atoms in total. The van der Waals surface area contributed by atoms with Crippen molar-refractivity contribution < 1.29 is 33.6 Å². The molecular weight excluding hydrogens is 383 g/mol. The average Bonchev–Trinajstić information content (AvgIpc) is 2.57. The molecule has 0 fully saturated rings. The molecule has 0 N–H and O–H groups in total. The van der Waals surface area contributed by atoms with E-state index in [9.17, 15) is 19.4 Å². The van der Waals surface area contributed by atoms with Crippen LogP contribution in [0.25, 0.3) is 0 Å². The van der Waals surface area contributed by atoms with Gasteiger partial charge in [-0.15, -0.1) is 5.11 Å². The number of methoxy groups -OCH3 is 3. The Morgan fingerprint density at radius 2 is 1.23 bits per heavy atom. The molecule has 0 spiro atoms. The summed E-state index contributed by atoms with van der Waals surface area (Å²) in [5, 5.41) is 7.62. The van der Waals surface area contributed by atoms with Crippen LogP contribution in [0.15, 0.2) is 51.5 Å². The predicted molar refractivity (Wildman–Crippen MR) is 88.1 cm³/mol. The molecule has 144 valence electrons. The predicted octanol–water partition coefficient (Wildman–Crippen LogP) is 6.79. The molecule has 2 rings (SSSR count). The maximum Gasteiger partial charge on any atom is 0.310 e. The van der Waals surface area contributed by atoms with Crippen LogP contribution in [0.1, 0.15) is 0 Å².